The Hall–Kier alpha value is -1.43. The van der Waals surface area contributed by atoms with E-state index in [4.69, 9.17) is 10.6 Å². The molecule has 0 aliphatic heterocycles. The highest BCUT2D eigenvalue weighted by Crippen LogP contribution is 2.30. The van der Waals surface area contributed by atoms with Gasteiger partial charge in [-0.15, -0.1) is 11.3 Å². The Balaban J connectivity index is 2.41. The van der Waals surface area contributed by atoms with Gasteiger partial charge in [-0.3, -0.25) is 10.8 Å². The first-order valence-corrected chi connectivity index (χ1v) is 5.72. The van der Waals surface area contributed by atoms with Gasteiger partial charge in [-0.2, -0.15) is 0 Å². The van der Waals surface area contributed by atoms with Crippen LogP contribution in [0.15, 0.2) is 36.0 Å². The Bertz CT molecular complexity index is 444. The van der Waals surface area contributed by atoms with Crippen molar-refractivity contribution in [3.05, 3.63) is 46.4 Å². The van der Waals surface area contributed by atoms with Crippen LogP contribution in [0.2, 0.25) is 0 Å². The topological polar surface area (TPSA) is 60.2 Å². The number of rotatable bonds is 4. The minimum Gasteiger partial charge on any atom is -0.495 e. The number of ether oxygens (including phenoxy) is 1. The van der Waals surface area contributed by atoms with Crippen molar-refractivity contribution in [3.63, 3.8) is 0 Å². The van der Waals surface area contributed by atoms with E-state index in [2.05, 4.69) is 10.4 Å². The van der Waals surface area contributed by atoms with Crippen molar-refractivity contribution in [2.24, 2.45) is 5.84 Å². The third-order valence-electron chi connectivity index (χ3n) is 2.34. The van der Waals surface area contributed by atoms with Crippen LogP contribution < -0.4 is 16.0 Å². The van der Waals surface area contributed by atoms with E-state index in [-0.39, 0.29) is 6.04 Å². The molecule has 2 heterocycles. The van der Waals surface area contributed by atoms with Gasteiger partial charge in [0.15, 0.2) is 0 Å². The summed E-state index contributed by atoms with van der Waals surface area (Å²) in [7, 11) is 1.63. The normalized spacial score (nSPS) is 12.4. The summed E-state index contributed by atoms with van der Waals surface area (Å²) in [4.78, 5) is 5.17. The van der Waals surface area contributed by atoms with E-state index in [9.17, 15) is 0 Å². The Morgan fingerprint density at radius 1 is 1.50 bits per heavy atom. The quantitative estimate of drug-likeness (QED) is 0.625. The number of nitrogens with two attached hydrogens (primary N) is 1. The standard InChI is InChI=1S/C11H13N3OS/c1-15-9-7-13-5-4-8(9)11(14-12)10-3-2-6-16-10/h2-7,11,14H,12H2,1H3. The average molecular weight is 235 g/mol. The van der Waals surface area contributed by atoms with E-state index in [0.29, 0.717) is 0 Å². The van der Waals surface area contributed by atoms with E-state index < -0.39 is 0 Å². The fraction of sp³-hybridized carbons (Fsp3) is 0.182. The van der Waals surface area contributed by atoms with Crippen LogP contribution in [0, 0.1) is 0 Å². The first-order valence-electron chi connectivity index (χ1n) is 4.84. The second kappa shape index (κ2) is 5.07. The molecular formula is C11H13N3OS. The molecule has 1 unspecified atom stereocenters. The van der Waals surface area contributed by atoms with Crippen molar-refractivity contribution in [2.75, 3.05) is 7.11 Å². The third-order valence-corrected chi connectivity index (χ3v) is 3.28. The average Bonchev–Trinajstić information content (AvgIpc) is 2.84. The summed E-state index contributed by atoms with van der Waals surface area (Å²) in [6, 6.07) is 5.88. The number of aromatic nitrogens is 1. The minimum absolute atomic E-state index is 0.0575. The molecule has 0 radical (unpaired) electrons. The van der Waals surface area contributed by atoms with Crippen molar-refractivity contribution in [2.45, 2.75) is 6.04 Å². The van der Waals surface area contributed by atoms with Gasteiger partial charge >= 0.3 is 0 Å². The molecule has 16 heavy (non-hydrogen) atoms. The SMILES string of the molecule is COc1cnccc1C(NN)c1cccs1. The zero-order valence-corrected chi connectivity index (χ0v) is 9.70. The van der Waals surface area contributed by atoms with Gasteiger partial charge in [-0.1, -0.05) is 6.07 Å². The summed E-state index contributed by atoms with van der Waals surface area (Å²) in [6.45, 7) is 0. The Morgan fingerprint density at radius 3 is 3.00 bits per heavy atom. The van der Waals surface area contributed by atoms with Gasteiger partial charge in [0.1, 0.15) is 5.75 Å². The molecule has 0 bridgehead atoms. The lowest BCUT2D eigenvalue weighted by Crippen LogP contribution is -2.28. The van der Waals surface area contributed by atoms with Gasteiger partial charge in [0, 0.05) is 16.6 Å². The van der Waals surface area contributed by atoms with E-state index in [1.807, 2.05) is 23.6 Å². The van der Waals surface area contributed by atoms with Gasteiger partial charge in [0.25, 0.3) is 0 Å². The van der Waals surface area contributed by atoms with E-state index in [0.717, 1.165) is 16.2 Å². The molecule has 0 aliphatic rings. The summed E-state index contributed by atoms with van der Waals surface area (Å²) < 4.78 is 5.27. The number of methoxy groups -OCH3 is 1. The zero-order chi connectivity index (χ0) is 11.4. The predicted octanol–water partition coefficient (Wildman–Crippen LogP) is 1.70. The second-order valence-corrected chi connectivity index (χ2v) is 4.21. The molecule has 3 N–H and O–H groups in total. The molecule has 0 saturated heterocycles. The Kier molecular flexibility index (Phi) is 3.51. The molecule has 0 saturated carbocycles. The third kappa shape index (κ3) is 2.06. The molecule has 2 rings (SSSR count). The van der Waals surface area contributed by atoms with Crippen molar-refractivity contribution >= 4 is 11.3 Å². The van der Waals surface area contributed by atoms with E-state index in [1.165, 1.54) is 0 Å². The highest BCUT2D eigenvalue weighted by molar-refractivity contribution is 7.10. The largest absolute Gasteiger partial charge is 0.495 e. The first kappa shape index (κ1) is 11.1. The van der Waals surface area contributed by atoms with Crippen molar-refractivity contribution in [1.29, 1.82) is 0 Å². The van der Waals surface area contributed by atoms with Gasteiger partial charge in [0.05, 0.1) is 19.3 Å². The van der Waals surface area contributed by atoms with Crippen LogP contribution in [0.4, 0.5) is 0 Å². The monoisotopic (exact) mass is 235 g/mol. The van der Waals surface area contributed by atoms with Gasteiger partial charge < -0.3 is 4.74 Å². The zero-order valence-electron chi connectivity index (χ0n) is 8.88. The smallest absolute Gasteiger partial charge is 0.142 e. The molecule has 84 valence electrons. The number of hydrogen-bond acceptors (Lipinski definition) is 5. The number of hydrogen-bond donors (Lipinski definition) is 2. The summed E-state index contributed by atoms with van der Waals surface area (Å²) >= 11 is 1.65. The number of pyridine rings is 1. The summed E-state index contributed by atoms with van der Waals surface area (Å²) in [5.41, 5.74) is 3.79. The maximum absolute atomic E-state index is 5.60. The summed E-state index contributed by atoms with van der Waals surface area (Å²) in [5, 5.41) is 2.02. The fourth-order valence-electron chi connectivity index (χ4n) is 1.58. The lowest BCUT2D eigenvalue weighted by atomic mass is 10.1. The van der Waals surface area contributed by atoms with Crippen molar-refractivity contribution < 1.29 is 4.74 Å². The molecule has 0 spiro atoms. The molecule has 0 fully saturated rings. The molecule has 4 nitrogen and oxygen atoms in total. The second-order valence-electron chi connectivity index (χ2n) is 3.23. The molecule has 2 aromatic rings. The lowest BCUT2D eigenvalue weighted by Gasteiger charge is -2.17. The minimum atomic E-state index is -0.0575. The lowest BCUT2D eigenvalue weighted by molar-refractivity contribution is 0.402. The highest BCUT2D eigenvalue weighted by atomic mass is 32.1. The number of nitrogens with zero attached hydrogens (tertiary/aromatic N) is 1. The number of hydrazine groups is 1. The predicted molar refractivity (Wildman–Crippen MR) is 64.3 cm³/mol. The summed E-state index contributed by atoms with van der Waals surface area (Å²) in [6.07, 6.45) is 3.42. The molecular weight excluding hydrogens is 222 g/mol. The number of thiophene rings is 1. The van der Waals surface area contributed by atoms with Gasteiger partial charge in [-0.25, -0.2) is 5.43 Å². The molecule has 5 heteroatoms. The van der Waals surface area contributed by atoms with Crippen molar-refractivity contribution in [1.82, 2.24) is 10.4 Å². The van der Waals surface area contributed by atoms with Crippen LogP contribution in [-0.2, 0) is 0 Å². The van der Waals surface area contributed by atoms with Gasteiger partial charge in [0.2, 0.25) is 0 Å². The Morgan fingerprint density at radius 2 is 2.38 bits per heavy atom. The van der Waals surface area contributed by atoms with Crippen LogP contribution in [0.25, 0.3) is 0 Å². The van der Waals surface area contributed by atoms with Crippen LogP contribution in [0.3, 0.4) is 0 Å². The maximum Gasteiger partial charge on any atom is 0.142 e. The molecule has 0 amide bonds. The Labute approximate surface area is 98.1 Å². The van der Waals surface area contributed by atoms with Gasteiger partial charge in [-0.05, 0) is 17.5 Å². The van der Waals surface area contributed by atoms with E-state index >= 15 is 0 Å². The van der Waals surface area contributed by atoms with Crippen LogP contribution in [0.5, 0.6) is 5.75 Å². The highest BCUT2D eigenvalue weighted by Gasteiger charge is 2.17. The molecule has 0 aromatic carbocycles. The van der Waals surface area contributed by atoms with Crippen LogP contribution in [-0.4, -0.2) is 12.1 Å². The van der Waals surface area contributed by atoms with Crippen molar-refractivity contribution in [3.8, 4) is 5.75 Å². The molecule has 0 aliphatic carbocycles. The first-order chi connectivity index (χ1) is 7.86. The summed E-state index contributed by atoms with van der Waals surface area (Å²) in [5.74, 6) is 6.34. The maximum atomic E-state index is 5.60. The molecule has 2 aromatic heterocycles. The van der Waals surface area contributed by atoms with Crippen LogP contribution in [0.1, 0.15) is 16.5 Å². The molecule has 1 atom stereocenters. The van der Waals surface area contributed by atoms with E-state index in [1.54, 1.807) is 30.8 Å². The number of nitrogens with one attached hydrogen (secondary N) is 1. The fourth-order valence-corrected chi connectivity index (χ4v) is 2.38. The van der Waals surface area contributed by atoms with Crippen LogP contribution >= 0.6 is 11.3 Å².